The zero-order valence-corrected chi connectivity index (χ0v) is 17.1. The second-order valence-corrected chi connectivity index (χ2v) is 7.27. The third-order valence-corrected chi connectivity index (χ3v) is 5.37. The fourth-order valence-electron chi connectivity index (χ4n) is 3.58. The number of hydrogen-bond acceptors (Lipinski definition) is 4. The molecule has 0 heterocycles. The van der Waals surface area contributed by atoms with Gasteiger partial charge in [-0.2, -0.15) is 0 Å². The van der Waals surface area contributed by atoms with Gasteiger partial charge < -0.3 is 20.1 Å². The summed E-state index contributed by atoms with van der Waals surface area (Å²) in [5, 5.41) is 29.2. The van der Waals surface area contributed by atoms with Crippen molar-refractivity contribution in [2.75, 3.05) is 0 Å². The minimum atomic E-state index is -0.442. The fraction of sp³-hybridized carbons (Fsp3) is 0.280. The van der Waals surface area contributed by atoms with E-state index in [1.807, 2.05) is 69.3 Å². The fourth-order valence-corrected chi connectivity index (χ4v) is 3.58. The molecule has 3 N–H and O–H groups in total. The number of aliphatic hydroxyl groups excluding tert-OH is 3. The standard InChI is InChI=1S/C25H28O4/c1-4-24(28)19-8-10-22(16(2)12-19)18-6-5-7-21(13-18)29-25-11-9-20(14-26)23(15-27)17(25)3/h5-13,24,26-28H,4,14-15H2,1-3H3. The average Bonchev–Trinajstić information content (AvgIpc) is 2.74. The van der Waals surface area contributed by atoms with Gasteiger partial charge >= 0.3 is 0 Å². The van der Waals surface area contributed by atoms with Crippen LogP contribution >= 0.6 is 0 Å². The quantitative estimate of drug-likeness (QED) is 0.517. The topological polar surface area (TPSA) is 69.9 Å². The van der Waals surface area contributed by atoms with E-state index in [1.165, 1.54) is 0 Å². The predicted molar refractivity (Wildman–Crippen MR) is 115 cm³/mol. The van der Waals surface area contributed by atoms with Crippen molar-refractivity contribution in [3.05, 3.63) is 82.4 Å². The summed E-state index contributed by atoms with van der Waals surface area (Å²) in [6.45, 7) is 5.63. The summed E-state index contributed by atoms with van der Waals surface area (Å²) in [6, 6.07) is 17.5. The molecule has 152 valence electrons. The molecule has 0 amide bonds. The zero-order valence-electron chi connectivity index (χ0n) is 17.1. The minimum absolute atomic E-state index is 0.117. The van der Waals surface area contributed by atoms with Crippen molar-refractivity contribution >= 4 is 0 Å². The molecule has 0 saturated heterocycles. The normalized spacial score (nSPS) is 12.1. The highest BCUT2D eigenvalue weighted by Gasteiger charge is 2.12. The third kappa shape index (κ3) is 4.51. The molecule has 3 rings (SSSR count). The molecule has 29 heavy (non-hydrogen) atoms. The maximum Gasteiger partial charge on any atom is 0.130 e. The second kappa shape index (κ2) is 9.23. The van der Waals surface area contributed by atoms with E-state index in [0.29, 0.717) is 29.0 Å². The van der Waals surface area contributed by atoms with Crippen LogP contribution in [0.3, 0.4) is 0 Å². The second-order valence-electron chi connectivity index (χ2n) is 7.27. The number of rotatable bonds is 7. The Kier molecular flexibility index (Phi) is 6.70. The van der Waals surface area contributed by atoms with Gasteiger partial charge in [-0.25, -0.2) is 0 Å². The molecule has 3 aromatic rings. The van der Waals surface area contributed by atoms with Gasteiger partial charge in [0.05, 0.1) is 19.3 Å². The largest absolute Gasteiger partial charge is 0.457 e. The molecule has 0 saturated carbocycles. The molecule has 0 radical (unpaired) electrons. The summed E-state index contributed by atoms with van der Waals surface area (Å²) in [6.07, 6.45) is 0.245. The van der Waals surface area contributed by atoms with Crippen LogP contribution in [0, 0.1) is 13.8 Å². The van der Waals surface area contributed by atoms with Crippen LogP contribution in [0.15, 0.2) is 54.6 Å². The molecular weight excluding hydrogens is 364 g/mol. The lowest BCUT2D eigenvalue weighted by Gasteiger charge is -2.16. The van der Waals surface area contributed by atoms with Gasteiger partial charge in [0.2, 0.25) is 0 Å². The molecule has 0 aliphatic heterocycles. The smallest absolute Gasteiger partial charge is 0.130 e. The van der Waals surface area contributed by atoms with Gasteiger partial charge in [0.25, 0.3) is 0 Å². The molecule has 1 unspecified atom stereocenters. The molecule has 4 heteroatoms. The van der Waals surface area contributed by atoms with Gasteiger partial charge in [0.1, 0.15) is 11.5 Å². The van der Waals surface area contributed by atoms with Gasteiger partial charge in [-0.3, -0.25) is 0 Å². The van der Waals surface area contributed by atoms with Gasteiger partial charge in [-0.1, -0.05) is 43.3 Å². The van der Waals surface area contributed by atoms with Crippen LogP contribution in [0.25, 0.3) is 11.1 Å². The maximum atomic E-state index is 10.1. The number of aryl methyl sites for hydroxylation is 1. The van der Waals surface area contributed by atoms with E-state index < -0.39 is 6.10 Å². The van der Waals surface area contributed by atoms with E-state index in [2.05, 4.69) is 0 Å². The van der Waals surface area contributed by atoms with E-state index in [9.17, 15) is 15.3 Å². The third-order valence-electron chi connectivity index (χ3n) is 5.37. The first-order valence-corrected chi connectivity index (χ1v) is 9.88. The van der Waals surface area contributed by atoms with E-state index >= 15 is 0 Å². The molecule has 0 aliphatic carbocycles. The molecule has 4 nitrogen and oxygen atoms in total. The Bertz CT molecular complexity index is 994. The van der Waals surface area contributed by atoms with Crippen LogP contribution < -0.4 is 4.74 Å². The van der Waals surface area contributed by atoms with Crippen LogP contribution in [-0.2, 0) is 13.2 Å². The van der Waals surface area contributed by atoms with Crippen molar-refractivity contribution in [3.8, 4) is 22.6 Å². The van der Waals surface area contributed by atoms with Crippen LogP contribution in [0.2, 0.25) is 0 Å². The maximum absolute atomic E-state index is 10.1. The lowest BCUT2D eigenvalue weighted by Crippen LogP contribution is -2.00. The van der Waals surface area contributed by atoms with Crippen LogP contribution in [0.1, 0.15) is 47.3 Å². The number of hydrogen-bond donors (Lipinski definition) is 3. The molecule has 3 aromatic carbocycles. The van der Waals surface area contributed by atoms with Crippen LogP contribution in [0.4, 0.5) is 0 Å². The van der Waals surface area contributed by atoms with Crippen molar-refractivity contribution in [1.29, 1.82) is 0 Å². The summed E-state index contributed by atoms with van der Waals surface area (Å²) in [4.78, 5) is 0. The first kappa shape index (κ1) is 21.1. The van der Waals surface area contributed by atoms with E-state index in [0.717, 1.165) is 27.8 Å². The Morgan fingerprint density at radius 2 is 1.72 bits per heavy atom. The van der Waals surface area contributed by atoms with Crippen molar-refractivity contribution in [2.24, 2.45) is 0 Å². The number of benzene rings is 3. The monoisotopic (exact) mass is 392 g/mol. The predicted octanol–water partition coefficient (Wildman–Crippen LogP) is 5.19. The highest BCUT2D eigenvalue weighted by atomic mass is 16.5. The van der Waals surface area contributed by atoms with E-state index in [1.54, 1.807) is 6.07 Å². The molecule has 0 bridgehead atoms. The van der Waals surface area contributed by atoms with Gasteiger partial charge in [-0.15, -0.1) is 0 Å². The summed E-state index contributed by atoms with van der Waals surface area (Å²) >= 11 is 0. The number of aliphatic hydroxyl groups is 3. The SMILES string of the molecule is CCC(O)c1ccc(-c2cccc(Oc3ccc(CO)c(CO)c3C)c2)c(C)c1. The Morgan fingerprint density at radius 1 is 0.931 bits per heavy atom. The lowest BCUT2D eigenvalue weighted by atomic mass is 9.96. The van der Waals surface area contributed by atoms with E-state index in [-0.39, 0.29) is 13.2 Å². The Hall–Kier alpha value is -2.66. The van der Waals surface area contributed by atoms with Crippen LogP contribution in [-0.4, -0.2) is 15.3 Å². The van der Waals surface area contributed by atoms with Gasteiger partial charge in [-0.05, 0) is 77.4 Å². The average molecular weight is 392 g/mol. The Labute approximate surface area is 172 Å². The molecule has 0 aromatic heterocycles. The van der Waals surface area contributed by atoms with Crippen molar-refractivity contribution in [2.45, 2.75) is 46.5 Å². The lowest BCUT2D eigenvalue weighted by molar-refractivity contribution is 0.173. The molecular formula is C25H28O4. The molecule has 1 atom stereocenters. The molecule has 0 spiro atoms. The summed E-state index contributed by atoms with van der Waals surface area (Å²) in [5.74, 6) is 1.35. The zero-order chi connectivity index (χ0) is 21.0. The van der Waals surface area contributed by atoms with Gasteiger partial charge in [0.15, 0.2) is 0 Å². The van der Waals surface area contributed by atoms with Crippen molar-refractivity contribution < 1.29 is 20.1 Å². The highest BCUT2D eigenvalue weighted by molar-refractivity contribution is 5.69. The summed E-state index contributed by atoms with van der Waals surface area (Å²) in [5.41, 5.74) is 6.36. The van der Waals surface area contributed by atoms with Gasteiger partial charge in [0, 0.05) is 0 Å². The minimum Gasteiger partial charge on any atom is -0.457 e. The van der Waals surface area contributed by atoms with Crippen molar-refractivity contribution in [3.63, 3.8) is 0 Å². The summed E-state index contributed by atoms with van der Waals surface area (Å²) in [7, 11) is 0. The van der Waals surface area contributed by atoms with Crippen LogP contribution in [0.5, 0.6) is 11.5 Å². The van der Waals surface area contributed by atoms with Crippen molar-refractivity contribution in [1.82, 2.24) is 0 Å². The van der Waals surface area contributed by atoms with E-state index in [4.69, 9.17) is 4.74 Å². The Morgan fingerprint density at radius 3 is 2.38 bits per heavy atom. The Balaban J connectivity index is 1.91. The molecule has 0 aliphatic rings. The first-order valence-electron chi connectivity index (χ1n) is 9.88. The number of ether oxygens (including phenoxy) is 1. The highest BCUT2D eigenvalue weighted by Crippen LogP contribution is 2.33. The molecule has 0 fully saturated rings. The first-order chi connectivity index (χ1) is 14.0. The summed E-state index contributed by atoms with van der Waals surface area (Å²) < 4.78 is 6.10.